The smallest absolute Gasteiger partial charge is 0.128 e. The van der Waals surface area contributed by atoms with Crippen LogP contribution in [0.25, 0.3) is 5.57 Å². The maximum absolute atomic E-state index is 8.88. The predicted octanol–water partition coefficient (Wildman–Crippen LogP) is 4.52. The number of para-hydroxylation sites is 1. The van der Waals surface area contributed by atoms with Gasteiger partial charge in [0.25, 0.3) is 0 Å². The van der Waals surface area contributed by atoms with Gasteiger partial charge < -0.3 is 9.80 Å². The lowest BCUT2D eigenvalue weighted by Gasteiger charge is -2.46. The van der Waals surface area contributed by atoms with E-state index < -0.39 is 0 Å². The minimum atomic E-state index is -0.0930. The van der Waals surface area contributed by atoms with Crippen LogP contribution in [-0.4, -0.2) is 35.7 Å². The van der Waals surface area contributed by atoms with Gasteiger partial charge in [0.05, 0.1) is 0 Å². The molecule has 2 aliphatic rings. The van der Waals surface area contributed by atoms with E-state index in [1.165, 1.54) is 11.1 Å². The van der Waals surface area contributed by atoms with Crippen molar-refractivity contribution in [1.29, 1.82) is 10.8 Å². The van der Waals surface area contributed by atoms with Crippen LogP contribution in [-0.2, 0) is 0 Å². The van der Waals surface area contributed by atoms with Crippen LogP contribution < -0.4 is 4.90 Å². The van der Waals surface area contributed by atoms with E-state index in [2.05, 4.69) is 54.0 Å². The molecule has 0 amide bonds. The summed E-state index contributed by atoms with van der Waals surface area (Å²) in [5, 5.41) is 17.3. The molecule has 2 heterocycles. The van der Waals surface area contributed by atoms with E-state index in [9.17, 15) is 0 Å². The number of rotatable bonds is 6. The number of benzene rings is 1. The third kappa shape index (κ3) is 2.85. The monoisotopic (exact) mass is 324 g/mol. The molecule has 4 heteroatoms. The third-order valence-electron chi connectivity index (χ3n) is 5.01. The van der Waals surface area contributed by atoms with Crippen molar-refractivity contribution in [2.45, 2.75) is 52.0 Å². The summed E-state index contributed by atoms with van der Waals surface area (Å²) in [7, 11) is 0. The van der Waals surface area contributed by atoms with Crippen LogP contribution in [0.4, 0.5) is 5.69 Å². The minimum absolute atomic E-state index is 0.0930. The van der Waals surface area contributed by atoms with E-state index in [4.69, 9.17) is 10.8 Å². The number of hydrogen-bond donors (Lipinski definition) is 2. The number of anilines is 1. The molecule has 4 nitrogen and oxygen atoms in total. The Morgan fingerprint density at radius 3 is 2.50 bits per heavy atom. The van der Waals surface area contributed by atoms with Crippen LogP contribution in [0.15, 0.2) is 30.3 Å². The van der Waals surface area contributed by atoms with Gasteiger partial charge in [-0.05, 0) is 24.5 Å². The van der Waals surface area contributed by atoms with Crippen LogP contribution >= 0.6 is 0 Å². The molecule has 1 atom stereocenters. The summed E-state index contributed by atoms with van der Waals surface area (Å²) >= 11 is 0. The van der Waals surface area contributed by atoms with Crippen molar-refractivity contribution in [2.75, 3.05) is 18.0 Å². The lowest BCUT2D eigenvalue weighted by atomic mass is 9.86. The fourth-order valence-electron chi connectivity index (χ4n) is 3.69. The second-order valence-corrected chi connectivity index (χ2v) is 6.67. The topological polar surface area (TPSA) is 54.2 Å². The van der Waals surface area contributed by atoms with Gasteiger partial charge in [0, 0.05) is 30.8 Å². The average molecular weight is 324 g/mol. The molecule has 3 rings (SSSR count). The molecule has 2 aliphatic heterocycles. The minimum Gasteiger partial charge on any atom is -0.346 e. The number of amidine groups is 2. The molecule has 0 radical (unpaired) electrons. The lowest BCUT2D eigenvalue weighted by Crippen LogP contribution is -2.55. The quantitative estimate of drug-likeness (QED) is 0.808. The van der Waals surface area contributed by atoms with E-state index >= 15 is 0 Å². The normalized spacial score (nSPS) is 19.9. The van der Waals surface area contributed by atoms with Gasteiger partial charge in [-0.1, -0.05) is 51.0 Å². The Bertz CT molecular complexity index is 661. The summed E-state index contributed by atoms with van der Waals surface area (Å²) in [5.74, 6) is 1.28. The van der Waals surface area contributed by atoms with E-state index in [0.717, 1.165) is 44.5 Å². The summed E-state index contributed by atoms with van der Waals surface area (Å²) in [4.78, 5) is 4.31. The molecule has 0 fully saturated rings. The molecule has 0 aliphatic carbocycles. The maximum atomic E-state index is 8.88. The van der Waals surface area contributed by atoms with Gasteiger partial charge in [0.2, 0.25) is 0 Å². The van der Waals surface area contributed by atoms with Gasteiger partial charge in [-0.25, -0.2) is 0 Å². The van der Waals surface area contributed by atoms with Crippen molar-refractivity contribution >= 4 is 22.9 Å². The zero-order valence-electron chi connectivity index (χ0n) is 14.8. The molecule has 0 saturated carbocycles. The lowest BCUT2D eigenvalue weighted by molar-refractivity contribution is 0.394. The van der Waals surface area contributed by atoms with E-state index in [0.29, 0.717) is 18.1 Å². The van der Waals surface area contributed by atoms with Crippen molar-refractivity contribution in [3.8, 4) is 0 Å². The molecular weight excluding hydrogens is 296 g/mol. The first-order chi connectivity index (χ1) is 11.7. The van der Waals surface area contributed by atoms with Crippen LogP contribution in [0, 0.1) is 10.8 Å². The summed E-state index contributed by atoms with van der Waals surface area (Å²) in [6.07, 6.45) is 7.21. The Morgan fingerprint density at radius 1 is 1.04 bits per heavy atom. The Kier molecular flexibility index (Phi) is 5.03. The number of unbranched alkanes of at least 4 members (excludes halogenated alkanes) is 2. The molecule has 0 aromatic heterocycles. The SMILES string of the molecule is CCCCN1C(=N)C2C(=CCC(=N)N2CCCC)c2ccccc21. The van der Waals surface area contributed by atoms with Crippen molar-refractivity contribution in [2.24, 2.45) is 0 Å². The predicted molar refractivity (Wildman–Crippen MR) is 102 cm³/mol. The third-order valence-corrected chi connectivity index (χ3v) is 5.01. The highest BCUT2D eigenvalue weighted by Crippen LogP contribution is 2.40. The Labute approximate surface area is 145 Å². The van der Waals surface area contributed by atoms with E-state index in [-0.39, 0.29) is 6.04 Å². The van der Waals surface area contributed by atoms with E-state index in [1.807, 2.05) is 0 Å². The van der Waals surface area contributed by atoms with E-state index in [1.54, 1.807) is 0 Å². The second kappa shape index (κ2) is 7.20. The fourth-order valence-corrected chi connectivity index (χ4v) is 3.69. The number of nitrogens with one attached hydrogen (secondary N) is 2. The highest BCUT2D eigenvalue weighted by Gasteiger charge is 2.39. The van der Waals surface area contributed by atoms with Crippen LogP contribution in [0.1, 0.15) is 51.5 Å². The average Bonchev–Trinajstić information content (AvgIpc) is 2.60. The summed E-state index contributed by atoms with van der Waals surface area (Å²) < 4.78 is 0. The first-order valence-electron chi connectivity index (χ1n) is 9.18. The molecule has 24 heavy (non-hydrogen) atoms. The highest BCUT2D eigenvalue weighted by atomic mass is 15.3. The first kappa shape index (κ1) is 16.7. The van der Waals surface area contributed by atoms with Gasteiger partial charge in [-0.15, -0.1) is 0 Å². The molecule has 2 N–H and O–H groups in total. The van der Waals surface area contributed by atoms with Crippen molar-refractivity contribution < 1.29 is 0 Å². The number of hydrogen-bond acceptors (Lipinski definition) is 2. The Morgan fingerprint density at radius 2 is 1.75 bits per heavy atom. The van der Waals surface area contributed by atoms with Crippen molar-refractivity contribution in [3.05, 3.63) is 35.9 Å². The molecule has 1 aromatic carbocycles. The maximum Gasteiger partial charge on any atom is 0.128 e. The fraction of sp³-hybridized carbons (Fsp3) is 0.500. The first-order valence-corrected chi connectivity index (χ1v) is 9.18. The van der Waals surface area contributed by atoms with Gasteiger partial charge in [0.1, 0.15) is 17.7 Å². The van der Waals surface area contributed by atoms with Gasteiger partial charge in [0.15, 0.2) is 0 Å². The van der Waals surface area contributed by atoms with Crippen molar-refractivity contribution in [1.82, 2.24) is 4.90 Å². The zero-order chi connectivity index (χ0) is 17.1. The number of nitrogens with zero attached hydrogens (tertiary/aromatic N) is 2. The molecule has 0 bridgehead atoms. The molecule has 1 aromatic rings. The largest absolute Gasteiger partial charge is 0.346 e. The second-order valence-electron chi connectivity index (χ2n) is 6.67. The molecular formula is C20H28N4. The molecule has 0 saturated heterocycles. The molecule has 1 unspecified atom stereocenters. The molecule has 0 spiro atoms. The Hall–Kier alpha value is -2.10. The van der Waals surface area contributed by atoms with Gasteiger partial charge >= 0.3 is 0 Å². The summed E-state index contributed by atoms with van der Waals surface area (Å²) in [6.45, 7) is 6.11. The Balaban J connectivity index is 2.04. The van der Waals surface area contributed by atoms with Crippen LogP contribution in [0.3, 0.4) is 0 Å². The molecule has 128 valence electrons. The standard InChI is InChI=1S/C20H28N4/c1-3-5-13-23-17-10-8-7-9-15(17)16-11-12-18(21)24(14-6-4-2)19(16)20(23)22/h7-11,19,21-22H,3-6,12-14H2,1-2H3. The summed E-state index contributed by atoms with van der Waals surface area (Å²) in [6, 6.07) is 8.36. The van der Waals surface area contributed by atoms with Crippen molar-refractivity contribution in [3.63, 3.8) is 0 Å². The zero-order valence-corrected chi connectivity index (χ0v) is 14.8. The van der Waals surface area contributed by atoms with Gasteiger partial charge in [-0.3, -0.25) is 10.8 Å². The van der Waals surface area contributed by atoms with Crippen LogP contribution in [0.5, 0.6) is 0 Å². The highest BCUT2D eigenvalue weighted by molar-refractivity contribution is 6.15. The van der Waals surface area contributed by atoms with Gasteiger partial charge in [-0.2, -0.15) is 0 Å². The number of fused-ring (bicyclic) bond motifs is 3. The van der Waals surface area contributed by atoms with Crippen LogP contribution in [0.2, 0.25) is 0 Å². The summed E-state index contributed by atoms with van der Waals surface area (Å²) in [5.41, 5.74) is 3.61.